The Morgan fingerprint density at radius 1 is 1.17 bits per heavy atom. The number of rotatable bonds is 4. The molecule has 7 heteroatoms. The maximum absolute atomic E-state index is 14.4. The topological polar surface area (TPSA) is 55.6 Å². The van der Waals surface area contributed by atoms with Crippen molar-refractivity contribution < 1.29 is 4.39 Å². The van der Waals surface area contributed by atoms with Crippen molar-refractivity contribution in [2.24, 2.45) is 7.05 Å². The molecule has 4 rings (SSSR count). The van der Waals surface area contributed by atoms with Gasteiger partial charge in [0.1, 0.15) is 34.7 Å². The van der Waals surface area contributed by atoms with Crippen LogP contribution in [-0.2, 0) is 7.05 Å². The number of aromatic nitrogens is 4. The molecule has 1 unspecified atom stereocenters. The van der Waals surface area contributed by atoms with Gasteiger partial charge in [0.05, 0.1) is 5.39 Å². The quantitative estimate of drug-likeness (QED) is 0.615. The van der Waals surface area contributed by atoms with E-state index in [1.54, 1.807) is 29.7 Å². The zero-order valence-electron chi connectivity index (χ0n) is 12.8. The number of halogens is 1. The van der Waals surface area contributed by atoms with Gasteiger partial charge in [-0.1, -0.05) is 18.2 Å². The molecule has 3 aromatic heterocycles. The maximum atomic E-state index is 14.4. The van der Waals surface area contributed by atoms with E-state index in [4.69, 9.17) is 0 Å². The van der Waals surface area contributed by atoms with Crippen LogP contribution in [-0.4, -0.2) is 19.5 Å². The SMILES string of the molecule is Cn1ccnc1C(Nc1ncnc2sccc12)c1ccccc1F. The predicted octanol–water partition coefficient (Wildman–Crippen LogP) is 3.77. The Balaban J connectivity index is 1.83. The van der Waals surface area contributed by atoms with Gasteiger partial charge in [0.2, 0.25) is 0 Å². The number of hydrogen-bond donors (Lipinski definition) is 1. The highest BCUT2D eigenvalue weighted by atomic mass is 32.1. The van der Waals surface area contributed by atoms with Crippen molar-refractivity contribution in [3.8, 4) is 0 Å². The number of nitrogens with zero attached hydrogens (tertiary/aromatic N) is 4. The molecule has 0 aliphatic rings. The van der Waals surface area contributed by atoms with Crippen molar-refractivity contribution in [3.63, 3.8) is 0 Å². The summed E-state index contributed by atoms with van der Waals surface area (Å²) in [6, 6.07) is 8.20. The van der Waals surface area contributed by atoms with Crippen LogP contribution in [0.25, 0.3) is 10.2 Å². The summed E-state index contributed by atoms with van der Waals surface area (Å²) in [5, 5.41) is 6.22. The molecule has 0 saturated carbocycles. The van der Waals surface area contributed by atoms with E-state index < -0.39 is 6.04 Å². The molecular formula is C17H14FN5S. The number of nitrogens with one attached hydrogen (secondary N) is 1. The Hall–Kier alpha value is -2.80. The Morgan fingerprint density at radius 2 is 2.04 bits per heavy atom. The molecule has 0 radical (unpaired) electrons. The first-order valence-corrected chi connectivity index (χ1v) is 8.28. The molecule has 0 bridgehead atoms. The normalized spacial score (nSPS) is 12.4. The number of fused-ring (bicyclic) bond motifs is 1. The third-order valence-electron chi connectivity index (χ3n) is 3.88. The van der Waals surface area contributed by atoms with Crippen LogP contribution in [0.1, 0.15) is 17.4 Å². The lowest BCUT2D eigenvalue weighted by atomic mass is 10.1. The number of aryl methyl sites for hydroxylation is 1. The summed E-state index contributed by atoms with van der Waals surface area (Å²) in [6.07, 6.45) is 5.05. The molecule has 0 aliphatic carbocycles. The van der Waals surface area contributed by atoms with E-state index in [0.717, 1.165) is 10.2 Å². The van der Waals surface area contributed by atoms with Gasteiger partial charge in [-0.15, -0.1) is 11.3 Å². The van der Waals surface area contributed by atoms with E-state index in [1.165, 1.54) is 12.4 Å². The van der Waals surface area contributed by atoms with Crippen LogP contribution in [0.2, 0.25) is 0 Å². The standard InChI is InChI=1S/C17H14FN5S/c1-23-8-7-19-16(23)14(11-4-2-3-5-13(11)18)22-15-12-6-9-24-17(12)21-10-20-15/h2-10,14H,1H3,(H,20,21,22). The van der Waals surface area contributed by atoms with Gasteiger partial charge in [0.15, 0.2) is 0 Å². The van der Waals surface area contributed by atoms with Crippen molar-refractivity contribution >= 4 is 27.4 Å². The lowest BCUT2D eigenvalue weighted by Crippen LogP contribution is -2.18. The molecule has 1 aromatic carbocycles. The van der Waals surface area contributed by atoms with Crippen LogP contribution in [0, 0.1) is 5.82 Å². The number of thiophene rings is 1. The van der Waals surface area contributed by atoms with Crippen molar-refractivity contribution in [2.45, 2.75) is 6.04 Å². The Labute approximate surface area is 141 Å². The van der Waals surface area contributed by atoms with Crippen LogP contribution >= 0.6 is 11.3 Å². The van der Waals surface area contributed by atoms with Crippen LogP contribution in [0.15, 0.2) is 54.4 Å². The van der Waals surface area contributed by atoms with Gasteiger partial charge in [-0.25, -0.2) is 19.3 Å². The minimum atomic E-state index is -0.454. The summed E-state index contributed by atoms with van der Waals surface area (Å²) in [4.78, 5) is 13.9. The number of benzene rings is 1. The van der Waals surface area contributed by atoms with E-state index in [9.17, 15) is 4.39 Å². The first-order chi connectivity index (χ1) is 11.7. The third kappa shape index (κ3) is 2.52. The molecule has 0 aliphatic heterocycles. The lowest BCUT2D eigenvalue weighted by molar-refractivity contribution is 0.596. The number of hydrogen-bond acceptors (Lipinski definition) is 5. The fourth-order valence-corrected chi connectivity index (χ4v) is 3.42. The van der Waals surface area contributed by atoms with Gasteiger partial charge in [-0.2, -0.15) is 0 Å². The second-order valence-electron chi connectivity index (χ2n) is 5.36. The van der Waals surface area contributed by atoms with Crippen LogP contribution in [0.4, 0.5) is 10.2 Å². The summed E-state index contributed by atoms with van der Waals surface area (Å²) in [6.45, 7) is 0. The first kappa shape index (κ1) is 14.8. The van der Waals surface area contributed by atoms with Gasteiger partial charge in [0, 0.05) is 25.0 Å². The van der Waals surface area contributed by atoms with Crippen LogP contribution < -0.4 is 5.32 Å². The molecule has 3 heterocycles. The van der Waals surface area contributed by atoms with Crippen molar-refractivity contribution in [3.05, 3.63) is 71.6 Å². The van der Waals surface area contributed by atoms with E-state index in [-0.39, 0.29) is 5.82 Å². The van der Waals surface area contributed by atoms with Gasteiger partial charge in [-0.05, 0) is 17.5 Å². The Morgan fingerprint density at radius 3 is 2.83 bits per heavy atom. The molecule has 0 fully saturated rings. The van der Waals surface area contributed by atoms with E-state index in [0.29, 0.717) is 17.2 Å². The van der Waals surface area contributed by atoms with Gasteiger partial charge < -0.3 is 9.88 Å². The molecule has 0 spiro atoms. The molecule has 1 atom stereocenters. The monoisotopic (exact) mass is 339 g/mol. The van der Waals surface area contributed by atoms with Gasteiger partial charge in [0.25, 0.3) is 0 Å². The second kappa shape index (κ2) is 6.01. The summed E-state index contributed by atoms with van der Waals surface area (Å²) in [5.74, 6) is 1.09. The highest BCUT2D eigenvalue weighted by molar-refractivity contribution is 7.16. The van der Waals surface area contributed by atoms with Crippen molar-refractivity contribution in [1.29, 1.82) is 0 Å². The van der Waals surface area contributed by atoms with E-state index in [1.807, 2.05) is 35.3 Å². The van der Waals surface area contributed by atoms with E-state index in [2.05, 4.69) is 20.3 Å². The summed E-state index contributed by atoms with van der Waals surface area (Å²) in [5.41, 5.74) is 0.522. The zero-order valence-corrected chi connectivity index (χ0v) is 13.7. The van der Waals surface area contributed by atoms with Gasteiger partial charge in [-0.3, -0.25) is 0 Å². The number of anilines is 1. The predicted molar refractivity (Wildman–Crippen MR) is 92.5 cm³/mol. The van der Waals surface area contributed by atoms with E-state index >= 15 is 0 Å². The number of imidazole rings is 1. The Kier molecular flexibility index (Phi) is 3.70. The average Bonchev–Trinajstić information content (AvgIpc) is 3.22. The fourth-order valence-electron chi connectivity index (χ4n) is 2.69. The Bertz CT molecular complexity index is 993. The minimum absolute atomic E-state index is 0.284. The summed E-state index contributed by atoms with van der Waals surface area (Å²) < 4.78 is 16.3. The molecule has 24 heavy (non-hydrogen) atoms. The molecular weight excluding hydrogens is 325 g/mol. The smallest absolute Gasteiger partial charge is 0.139 e. The highest BCUT2D eigenvalue weighted by Crippen LogP contribution is 2.30. The first-order valence-electron chi connectivity index (χ1n) is 7.40. The van der Waals surface area contributed by atoms with Crippen molar-refractivity contribution in [2.75, 3.05) is 5.32 Å². The lowest BCUT2D eigenvalue weighted by Gasteiger charge is -2.20. The molecule has 1 N–H and O–H groups in total. The minimum Gasteiger partial charge on any atom is -0.356 e. The molecule has 120 valence electrons. The zero-order chi connectivity index (χ0) is 16.5. The highest BCUT2D eigenvalue weighted by Gasteiger charge is 2.22. The van der Waals surface area contributed by atoms with Gasteiger partial charge >= 0.3 is 0 Å². The molecule has 0 amide bonds. The summed E-state index contributed by atoms with van der Waals surface area (Å²) >= 11 is 1.54. The maximum Gasteiger partial charge on any atom is 0.139 e. The average molecular weight is 339 g/mol. The molecule has 5 nitrogen and oxygen atoms in total. The fraction of sp³-hybridized carbons (Fsp3) is 0.118. The largest absolute Gasteiger partial charge is 0.356 e. The third-order valence-corrected chi connectivity index (χ3v) is 4.70. The molecule has 0 saturated heterocycles. The van der Waals surface area contributed by atoms with Crippen molar-refractivity contribution in [1.82, 2.24) is 19.5 Å². The van der Waals surface area contributed by atoms with Crippen LogP contribution in [0.3, 0.4) is 0 Å². The summed E-state index contributed by atoms with van der Waals surface area (Å²) in [7, 11) is 1.89. The van der Waals surface area contributed by atoms with Crippen LogP contribution in [0.5, 0.6) is 0 Å². The molecule has 4 aromatic rings. The second-order valence-corrected chi connectivity index (χ2v) is 6.25.